The Morgan fingerprint density at radius 1 is 1.09 bits per heavy atom. The number of aromatic nitrogens is 2. The third kappa shape index (κ3) is 6.10. The van der Waals surface area contributed by atoms with Crippen LogP contribution in [0.5, 0.6) is 0 Å². The highest BCUT2D eigenvalue weighted by Gasteiger charge is 2.46. The van der Waals surface area contributed by atoms with Crippen LogP contribution in [0.1, 0.15) is 56.6 Å². The van der Waals surface area contributed by atoms with Crippen molar-refractivity contribution in [3.8, 4) is 0 Å². The number of carboxylic acid groups (broad SMARTS) is 1. The number of nitrogens with zero attached hydrogens (tertiary/aromatic N) is 4. The highest BCUT2D eigenvalue weighted by molar-refractivity contribution is 5.77. The molecule has 2 aromatic rings. The van der Waals surface area contributed by atoms with Gasteiger partial charge < -0.3 is 14.9 Å². The van der Waals surface area contributed by atoms with Gasteiger partial charge in [-0.05, 0) is 61.6 Å². The largest absolute Gasteiger partial charge is 0.490 e. The fraction of sp³-hybridized carbons (Fsp3) is 0.520. The topological polar surface area (TPSA) is 86.6 Å². The summed E-state index contributed by atoms with van der Waals surface area (Å²) < 4.78 is 31.7. The molecule has 0 saturated carbocycles. The zero-order valence-electron chi connectivity index (χ0n) is 20.0. The Hall–Kier alpha value is -3.17. The van der Waals surface area contributed by atoms with Gasteiger partial charge in [0.2, 0.25) is 11.9 Å². The molecular weight excluding hydrogens is 461 g/mol. The van der Waals surface area contributed by atoms with Gasteiger partial charge in [0.25, 0.3) is 0 Å². The predicted molar refractivity (Wildman–Crippen MR) is 125 cm³/mol. The van der Waals surface area contributed by atoms with E-state index in [0.29, 0.717) is 12.3 Å². The first-order valence-corrected chi connectivity index (χ1v) is 11.8. The predicted octanol–water partition coefficient (Wildman–Crippen LogP) is 4.39. The molecule has 7 nitrogen and oxygen atoms in total. The number of hydrogen-bond acceptors (Lipinski definition) is 5. The zero-order valence-corrected chi connectivity index (χ0v) is 20.0. The Labute approximate surface area is 203 Å². The van der Waals surface area contributed by atoms with Crippen molar-refractivity contribution in [2.24, 2.45) is 0 Å². The molecule has 1 aliphatic carbocycles. The van der Waals surface area contributed by atoms with Gasteiger partial charge >= 0.3 is 12.1 Å². The molecule has 1 fully saturated rings. The van der Waals surface area contributed by atoms with Crippen molar-refractivity contribution in [1.29, 1.82) is 0 Å². The molecule has 1 aromatic heterocycles. The van der Waals surface area contributed by atoms with Gasteiger partial charge in [0.15, 0.2) is 0 Å². The first kappa shape index (κ1) is 26.4. The quantitative estimate of drug-likeness (QED) is 0.666. The minimum Gasteiger partial charge on any atom is -0.475 e. The number of aliphatic carboxylic acids is 1. The normalized spacial score (nSPS) is 18.4. The molecular formula is C25H31F3N4O3. The van der Waals surface area contributed by atoms with Crippen LogP contribution in [0.2, 0.25) is 0 Å². The maximum absolute atomic E-state index is 12.8. The van der Waals surface area contributed by atoms with Gasteiger partial charge in [-0.3, -0.25) is 4.79 Å². The van der Waals surface area contributed by atoms with Crippen LogP contribution >= 0.6 is 0 Å². The molecule has 1 aromatic carbocycles. The molecule has 35 heavy (non-hydrogen) atoms. The van der Waals surface area contributed by atoms with Gasteiger partial charge in [0.05, 0.1) is 0 Å². The summed E-state index contributed by atoms with van der Waals surface area (Å²) in [4.78, 5) is 34.8. The SMILES string of the molecule is CCN(CC)C(=O)CC1CC2(CCN(c3ncccn3)CC2)c2ccccc21.O=C(O)C(F)(F)F. The van der Waals surface area contributed by atoms with E-state index in [-0.39, 0.29) is 11.3 Å². The van der Waals surface area contributed by atoms with E-state index < -0.39 is 12.1 Å². The third-order valence-electron chi connectivity index (χ3n) is 6.94. The Morgan fingerprint density at radius 2 is 1.66 bits per heavy atom. The van der Waals surface area contributed by atoms with Crippen LogP contribution in [0.4, 0.5) is 19.1 Å². The number of amides is 1. The molecule has 1 spiro atoms. The van der Waals surface area contributed by atoms with Crippen LogP contribution in [0.15, 0.2) is 42.7 Å². The summed E-state index contributed by atoms with van der Waals surface area (Å²) in [6.07, 6.45) is 2.45. The fourth-order valence-electron chi connectivity index (χ4n) is 5.19. The Balaban J connectivity index is 0.000000429. The number of rotatable bonds is 5. The van der Waals surface area contributed by atoms with Crippen LogP contribution in [0.25, 0.3) is 0 Å². The Kier molecular flexibility index (Phi) is 8.34. The first-order valence-electron chi connectivity index (χ1n) is 11.8. The van der Waals surface area contributed by atoms with E-state index in [1.54, 1.807) is 0 Å². The lowest BCUT2D eigenvalue weighted by Gasteiger charge is -2.40. The minimum atomic E-state index is -5.08. The second-order valence-electron chi connectivity index (χ2n) is 8.88. The summed E-state index contributed by atoms with van der Waals surface area (Å²) >= 11 is 0. The standard InChI is InChI=1S/C23H30N4O.C2HF3O2/c1-3-26(4-2)21(28)16-18-17-23(20-9-6-5-8-19(18)20)10-14-27(15-11-23)22-24-12-7-13-25-22;3-2(4,5)1(6)7/h5-9,12-13,18H,3-4,10-11,14-17H2,1-2H3;(H,6,7). The molecule has 2 heterocycles. The molecule has 1 saturated heterocycles. The van der Waals surface area contributed by atoms with Crippen LogP contribution in [0, 0.1) is 0 Å². The van der Waals surface area contributed by atoms with Crippen molar-refractivity contribution in [1.82, 2.24) is 14.9 Å². The number of alkyl halides is 3. The van der Waals surface area contributed by atoms with Crippen molar-refractivity contribution >= 4 is 17.8 Å². The molecule has 0 bridgehead atoms. The minimum absolute atomic E-state index is 0.191. The number of carbonyl (C=O) groups is 2. The summed E-state index contributed by atoms with van der Waals surface area (Å²) in [6, 6.07) is 10.7. The lowest BCUT2D eigenvalue weighted by molar-refractivity contribution is -0.192. The summed E-state index contributed by atoms with van der Waals surface area (Å²) in [5.74, 6) is -1.30. The number of carboxylic acids is 1. The molecule has 1 amide bonds. The number of hydrogen-bond donors (Lipinski definition) is 1. The van der Waals surface area contributed by atoms with Crippen molar-refractivity contribution in [2.45, 2.75) is 57.0 Å². The summed E-state index contributed by atoms with van der Waals surface area (Å²) in [6.45, 7) is 7.64. The van der Waals surface area contributed by atoms with Crippen molar-refractivity contribution in [3.05, 3.63) is 53.9 Å². The van der Waals surface area contributed by atoms with Crippen LogP contribution in [0.3, 0.4) is 0 Å². The van der Waals surface area contributed by atoms with Crippen molar-refractivity contribution in [3.63, 3.8) is 0 Å². The van der Waals surface area contributed by atoms with E-state index in [4.69, 9.17) is 9.90 Å². The van der Waals surface area contributed by atoms with Gasteiger partial charge in [0.1, 0.15) is 0 Å². The van der Waals surface area contributed by atoms with Crippen LogP contribution in [-0.4, -0.2) is 64.2 Å². The lowest BCUT2D eigenvalue weighted by Crippen LogP contribution is -2.42. The zero-order chi connectivity index (χ0) is 25.6. The third-order valence-corrected chi connectivity index (χ3v) is 6.94. The van der Waals surface area contributed by atoms with Crippen molar-refractivity contribution in [2.75, 3.05) is 31.1 Å². The summed E-state index contributed by atoms with van der Waals surface area (Å²) in [7, 11) is 0. The van der Waals surface area contributed by atoms with E-state index in [1.807, 2.05) is 23.4 Å². The fourth-order valence-corrected chi connectivity index (χ4v) is 5.19. The van der Waals surface area contributed by atoms with Gasteiger partial charge in [-0.1, -0.05) is 24.3 Å². The molecule has 1 N–H and O–H groups in total. The van der Waals surface area contributed by atoms with Crippen molar-refractivity contribution < 1.29 is 27.9 Å². The second-order valence-corrected chi connectivity index (χ2v) is 8.88. The number of benzene rings is 1. The van der Waals surface area contributed by atoms with E-state index >= 15 is 0 Å². The summed E-state index contributed by atoms with van der Waals surface area (Å²) in [5.41, 5.74) is 3.06. The second kappa shape index (κ2) is 11.0. The van der Waals surface area contributed by atoms with E-state index in [9.17, 15) is 18.0 Å². The van der Waals surface area contributed by atoms with Gasteiger partial charge in [-0.2, -0.15) is 13.2 Å². The van der Waals surface area contributed by atoms with Gasteiger partial charge in [-0.25, -0.2) is 14.8 Å². The van der Waals surface area contributed by atoms with Gasteiger partial charge in [0, 0.05) is 45.0 Å². The molecule has 10 heteroatoms. The number of carbonyl (C=O) groups excluding carboxylic acids is 1. The highest BCUT2D eigenvalue weighted by atomic mass is 19.4. The maximum Gasteiger partial charge on any atom is 0.490 e. The smallest absolute Gasteiger partial charge is 0.475 e. The summed E-state index contributed by atoms with van der Waals surface area (Å²) in [5, 5.41) is 7.12. The molecule has 2 aliphatic rings. The van der Waals surface area contributed by atoms with E-state index in [2.05, 4.69) is 53.0 Å². The number of anilines is 1. The van der Waals surface area contributed by atoms with E-state index in [0.717, 1.165) is 51.4 Å². The maximum atomic E-state index is 12.8. The molecule has 1 unspecified atom stereocenters. The number of fused-ring (bicyclic) bond motifs is 2. The average molecular weight is 493 g/mol. The van der Waals surface area contributed by atoms with Crippen LogP contribution < -0.4 is 4.90 Å². The van der Waals surface area contributed by atoms with E-state index in [1.165, 1.54) is 11.1 Å². The molecule has 1 atom stereocenters. The first-order chi connectivity index (χ1) is 16.6. The highest BCUT2D eigenvalue weighted by Crippen LogP contribution is 2.52. The monoisotopic (exact) mass is 492 g/mol. The van der Waals surface area contributed by atoms with Crippen LogP contribution in [-0.2, 0) is 15.0 Å². The Morgan fingerprint density at radius 3 is 2.20 bits per heavy atom. The van der Waals surface area contributed by atoms with Gasteiger partial charge in [-0.15, -0.1) is 0 Å². The molecule has 4 rings (SSSR count). The number of halogens is 3. The molecule has 190 valence electrons. The molecule has 0 radical (unpaired) electrons. The molecule has 1 aliphatic heterocycles. The lowest BCUT2D eigenvalue weighted by atomic mass is 9.73. The Bertz CT molecular complexity index is 1000. The number of piperidine rings is 1. The average Bonchev–Trinajstić information content (AvgIpc) is 3.13.